The third kappa shape index (κ3) is 5.36. The van der Waals surface area contributed by atoms with E-state index in [2.05, 4.69) is 48.9 Å². The second kappa shape index (κ2) is 10.4. The van der Waals surface area contributed by atoms with Gasteiger partial charge in [0.15, 0.2) is 11.5 Å². The van der Waals surface area contributed by atoms with Gasteiger partial charge in [0.25, 0.3) is 5.56 Å². The molecule has 0 bridgehead atoms. The molecule has 8 heteroatoms. The van der Waals surface area contributed by atoms with Crippen molar-refractivity contribution in [3.05, 3.63) is 61.0 Å². The minimum Gasteiger partial charge on any atom is -0.493 e. The molecule has 1 heterocycles. The lowest BCUT2D eigenvalue weighted by molar-refractivity contribution is 0.206. The summed E-state index contributed by atoms with van der Waals surface area (Å²) >= 11 is 6.99. The lowest BCUT2D eigenvalue weighted by Gasteiger charge is -2.17. The molecule has 31 heavy (non-hydrogen) atoms. The Morgan fingerprint density at radius 3 is 2.68 bits per heavy atom. The number of ether oxygens (including phenoxy) is 2. The van der Waals surface area contributed by atoms with Crippen LogP contribution in [-0.4, -0.2) is 29.1 Å². The fourth-order valence-electron chi connectivity index (χ4n) is 3.04. The SMILES string of the molecule is CCCc1nc2ccc(Br)cc2c(=O)n1N=Cc1cc(Br)c(O[C@@H](C)CC)c(OC)c1. The summed E-state index contributed by atoms with van der Waals surface area (Å²) in [7, 11) is 1.60. The third-order valence-corrected chi connectivity index (χ3v) is 5.90. The molecule has 0 saturated heterocycles. The fraction of sp³-hybridized carbons (Fsp3) is 0.348. The Kier molecular flexibility index (Phi) is 7.89. The predicted molar refractivity (Wildman–Crippen MR) is 132 cm³/mol. The Balaban J connectivity index is 2.06. The number of rotatable bonds is 8. The minimum atomic E-state index is -0.200. The highest BCUT2D eigenvalue weighted by molar-refractivity contribution is 9.10. The van der Waals surface area contributed by atoms with Crippen molar-refractivity contribution in [2.75, 3.05) is 7.11 Å². The maximum absolute atomic E-state index is 13.1. The Labute approximate surface area is 198 Å². The number of benzene rings is 2. The van der Waals surface area contributed by atoms with Gasteiger partial charge >= 0.3 is 0 Å². The zero-order valence-electron chi connectivity index (χ0n) is 18.0. The first kappa shape index (κ1) is 23.5. The predicted octanol–water partition coefficient (Wildman–Crippen LogP) is 5.94. The van der Waals surface area contributed by atoms with Crippen LogP contribution in [0.2, 0.25) is 0 Å². The molecule has 0 aliphatic carbocycles. The van der Waals surface area contributed by atoms with Crippen molar-refractivity contribution in [3.63, 3.8) is 0 Å². The van der Waals surface area contributed by atoms with Gasteiger partial charge < -0.3 is 9.47 Å². The van der Waals surface area contributed by atoms with Crippen LogP contribution in [0.3, 0.4) is 0 Å². The van der Waals surface area contributed by atoms with E-state index < -0.39 is 0 Å². The summed E-state index contributed by atoms with van der Waals surface area (Å²) in [6, 6.07) is 9.21. The summed E-state index contributed by atoms with van der Waals surface area (Å²) in [5.41, 5.74) is 1.23. The van der Waals surface area contributed by atoms with Crippen molar-refractivity contribution in [1.82, 2.24) is 9.66 Å². The van der Waals surface area contributed by atoms with Crippen molar-refractivity contribution in [1.29, 1.82) is 0 Å². The normalized spacial score (nSPS) is 12.5. The fourth-order valence-corrected chi connectivity index (χ4v) is 3.95. The molecule has 0 saturated carbocycles. The number of aromatic nitrogens is 2. The highest BCUT2D eigenvalue weighted by Gasteiger charge is 2.14. The molecule has 0 fully saturated rings. The van der Waals surface area contributed by atoms with Crippen molar-refractivity contribution in [2.45, 2.75) is 46.1 Å². The summed E-state index contributed by atoms with van der Waals surface area (Å²) in [6.07, 6.45) is 4.07. The van der Waals surface area contributed by atoms with E-state index in [1.54, 1.807) is 19.4 Å². The highest BCUT2D eigenvalue weighted by Crippen LogP contribution is 2.37. The quantitative estimate of drug-likeness (QED) is 0.325. The zero-order chi connectivity index (χ0) is 22.5. The highest BCUT2D eigenvalue weighted by atomic mass is 79.9. The Hall–Kier alpha value is -2.19. The van der Waals surface area contributed by atoms with Crippen molar-refractivity contribution >= 4 is 49.0 Å². The van der Waals surface area contributed by atoms with Gasteiger partial charge in [-0.05, 0) is 71.6 Å². The molecular formula is C23H25Br2N3O3. The molecule has 3 aromatic rings. The van der Waals surface area contributed by atoms with Crippen molar-refractivity contribution in [2.24, 2.45) is 5.10 Å². The molecule has 0 aliphatic heterocycles. The molecule has 1 atom stereocenters. The van der Waals surface area contributed by atoms with Gasteiger partial charge in [0.2, 0.25) is 0 Å². The molecule has 6 nitrogen and oxygen atoms in total. The van der Waals surface area contributed by atoms with Gasteiger partial charge in [-0.15, -0.1) is 0 Å². The summed E-state index contributed by atoms with van der Waals surface area (Å²) < 4.78 is 14.5. The average molecular weight is 551 g/mol. The number of aryl methyl sites for hydroxylation is 1. The number of methoxy groups -OCH3 is 1. The lowest BCUT2D eigenvalue weighted by atomic mass is 10.2. The molecule has 0 aliphatic rings. The first-order valence-electron chi connectivity index (χ1n) is 10.2. The number of hydrogen-bond acceptors (Lipinski definition) is 5. The van der Waals surface area contributed by atoms with Crippen LogP contribution in [-0.2, 0) is 6.42 Å². The lowest BCUT2D eigenvalue weighted by Crippen LogP contribution is -2.22. The first-order valence-corrected chi connectivity index (χ1v) is 11.8. The second-order valence-corrected chi connectivity index (χ2v) is 8.94. The molecule has 0 amide bonds. The summed E-state index contributed by atoms with van der Waals surface area (Å²) in [4.78, 5) is 17.8. The smallest absolute Gasteiger partial charge is 0.282 e. The van der Waals surface area contributed by atoms with Crippen LogP contribution in [0.25, 0.3) is 10.9 Å². The van der Waals surface area contributed by atoms with E-state index in [0.29, 0.717) is 34.6 Å². The average Bonchev–Trinajstić information content (AvgIpc) is 2.75. The van der Waals surface area contributed by atoms with E-state index in [4.69, 9.17) is 9.47 Å². The van der Waals surface area contributed by atoms with Crippen LogP contribution in [0, 0.1) is 0 Å². The number of halogens is 2. The number of fused-ring (bicyclic) bond motifs is 1. The van der Waals surface area contributed by atoms with E-state index in [-0.39, 0.29) is 11.7 Å². The van der Waals surface area contributed by atoms with E-state index in [1.165, 1.54) is 4.68 Å². The standard InChI is InChI=1S/C23H25Br2N3O3/c1-5-7-21-27-19-9-8-16(24)12-17(19)23(29)28(21)26-13-15-10-18(25)22(20(11-15)30-4)31-14(3)6-2/h8-14H,5-7H2,1-4H3/t14-/m0/s1. The molecule has 0 unspecified atom stereocenters. The summed E-state index contributed by atoms with van der Waals surface area (Å²) in [5.74, 6) is 1.87. The van der Waals surface area contributed by atoms with Gasteiger partial charge in [0, 0.05) is 10.9 Å². The van der Waals surface area contributed by atoms with Crippen LogP contribution in [0.1, 0.15) is 45.0 Å². The van der Waals surface area contributed by atoms with Crippen molar-refractivity contribution < 1.29 is 9.47 Å². The van der Waals surface area contributed by atoms with Crippen LogP contribution in [0.15, 0.2) is 49.2 Å². The van der Waals surface area contributed by atoms with Crippen LogP contribution < -0.4 is 15.0 Å². The molecule has 2 aromatic carbocycles. The first-order chi connectivity index (χ1) is 14.9. The number of nitrogens with zero attached hydrogens (tertiary/aromatic N) is 3. The maximum atomic E-state index is 13.1. The van der Waals surface area contributed by atoms with E-state index in [0.717, 1.165) is 27.4 Å². The summed E-state index contributed by atoms with van der Waals surface area (Å²) in [6.45, 7) is 6.12. The van der Waals surface area contributed by atoms with E-state index in [1.807, 2.05) is 38.1 Å². The number of hydrogen-bond donors (Lipinski definition) is 0. The van der Waals surface area contributed by atoms with E-state index >= 15 is 0 Å². The maximum Gasteiger partial charge on any atom is 0.282 e. The monoisotopic (exact) mass is 549 g/mol. The van der Waals surface area contributed by atoms with Gasteiger partial charge in [0.1, 0.15) is 5.82 Å². The Morgan fingerprint density at radius 2 is 2.00 bits per heavy atom. The molecule has 3 rings (SSSR count). The van der Waals surface area contributed by atoms with Gasteiger partial charge in [-0.3, -0.25) is 4.79 Å². The second-order valence-electron chi connectivity index (χ2n) is 7.17. The van der Waals surface area contributed by atoms with E-state index in [9.17, 15) is 4.79 Å². The van der Waals surface area contributed by atoms with Crippen LogP contribution >= 0.6 is 31.9 Å². The third-order valence-electron chi connectivity index (χ3n) is 4.82. The topological polar surface area (TPSA) is 65.7 Å². The Bertz CT molecular complexity index is 1170. The molecule has 0 N–H and O–H groups in total. The largest absolute Gasteiger partial charge is 0.493 e. The molecule has 0 radical (unpaired) electrons. The molecular weight excluding hydrogens is 526 g/mol. The van der Waals surface area contributed by atoms with Crippen LogP contribution in [0.4, 0.5) is 0 Å². The van der Waals surface area contributed by atoms with Gasteiger partial charge in [-0.25, -0.2) is 4.98 Å². The van der Waals surface area contributed by atoms with Gasteiger partial charge in [0.05, 0.1) is 34.8 Å². The summed E-state index contributed by atoms with van der Waals surface area (Å²) in [5, 5.41) is 5.00. The zero-order valence-corrected chi connectivity index (χ0v) is 21.2. The van der Waals surface area contributed by atoms with Crippen molar-refractivity contribution in [3.8, 4) is 11.5 Å². The van der Waals surface area contributed by atoms with Gasteiger partial charge in [-0.1, -0.05) is 29.8 Å². The molecule has 164 valence electrons. The molecule has 1 aromatic heterocycles. The van der Waals surface area contributed by atoms with Gasteiger partial charge in [-0.2, -0.15) is 9.78 Å². The minimum absolute atomic E-state index is 0.0582. The van der Waals surface area contributed by atoms with Crippen LogP contribution in [0.5, 0.6) is 11.5 Å². The molecule has 0 spiro atoms. The Morgan fingerprint density at radius 1 is 1.23 bits per heavy atom.